The van der Waals surface area contributed by atoms with Crippen LogP contribution in [0.2, 0.25) is 0 Å². The lowest BCUT2D eigenvalue weighted by molar-refractivity contribution is -0.133. The summed E-state index contributed by atoms with van der Waals surface area (Å²) in [6.07, 6.45) is 0. The maximum atomic E-state index is 12.5. The molecule has 0 radical (unpaired) electrons. The van der Waals surface area contributed by atoms with Gasteiger partial charge in [-0.1, -0.05) is 12.1 Å². The summed E-state index contributed by atoms with van der Waals surface area (Å²) >= 11 is 3.19. The first-order valence-electron chi connectivity index (χ1n) is 8.33. The Labute approximate surface area is 158 Å². The molecule has 3 aromatic rings. The van der Waals surface area contributed by atoms with Gasteiger partial charge in [0.2, 0.25) is 5.91 Å². The zero-order valence-electron chi connectivity index (χ0n) is 14.0. The van der Waals surface area contributed by atoms with E-state index in [9.17, 15) is 9.59 Å². The van der Waals surface area contributed by atoms with Crippen molar-refractivity contribution in [3.8, 4) is 10.8 Å². The second-order valence-electron chi connectivity index (χ2n) is 6.04. The lowest BCUT2D eigenvalue weighted by Gasteiger charge is -2.34. The van der Waals surface area contributed by atoms with E-state index in [1.54, 1.807) is 16.2 Å². The van der Waals surface area contributed by atoms with Gasteiger partial charge in [-0.3, -0.25) is 9.69 Å². The fraction of sp³-hybridized carbons (Fsp3) is 0.353. The Hall–Kier alpha value is -2.23. The highest BCUT2D eigenvalue weighted by Crippen LogP contribution is 2.21. The van der Waals surface area contributed by atoms with Crippen LogP contribution >= 0.6 is 22.7 Å². The zero-order chi connectivity index (χ0) is 17.9. The van der Waals surface area contributed by atoms with Crippen LogP contribution in [0.15, 0.2) is 44.2 Å². The SMILES string of the molecule is O=C(Cn1nc(-c2cccs2)oc1=O)N1CCN(Cc2cccs2)CC1. The Morgan fingerprint density at radius 3 is 2.58 bits per heavy atom. The van der Waals surface area contributed by atoms with Crippen LogP contribution in [-0.2, 0) is 17.9 Å². The van der Waals surface area contributed by atoms with Gasteiger partial charge >= 0.3 is 5.76 Å². The number of carbonyl (C=O) groups is 1. The van der Waals surface area contributed by atoms with Crippen LogP contribution in [0.3, 0.4) is 0 Å². The van der Waals surface area contributed by atoms with E-state index in [1.807, 2.05) is 17.5 Å². The van der Waals surface area contributed by atoms with E-state index in [4.69, 9.17) is 4.42 Å². The first kappa shape index (κ1) is 17.2. The van der Waals surface area contributed by atoms with Crippen LogP contribution < -0.4 is 5.76 Å². The molecule has 0 aromatic carbocycles. The quantitative estimate of drug-likeness (QED) is 0.666. The molecule has 1 aliphatic heterocycles. The van der Waals surface area contributed by atoms with Gasteiger partial charge in [0.05, 0.1) is 4.88 Å². The van der Waals surface area contributed by atoms with Gasteiger partial charge in [-0.2, -0.15) is 4.68 Å². The van der Waals surface area contributed by atoms with Crippen LogP contribution in [0.1, 0.15) is 4.88 Å². The molecule has 1 fully saturated rings. The molecule has 0 atom stereocenters. The molecule has 26 heavy (non-hydrogen) atoms. The Morgan fingerprint density at radius 2 is 1.88 bits per heavy atom. The lowest BCUT2D eigenvalue weighted by Crippen LogP contribution is -2.49. The van der Waals surface area contributed by atoms with Gasteiger partial charge < -0.3 is 9.32 Å². The third-order valence-electron chi connectivity index (χ3n) is 4.31. The fourth-order valence-electron chi connectivity index (χ4n) is 2.91. The highest BCUT2D eigenvalue weighted by Gasteiger charge is 2.23. The van der Waals surface area contributed by atoms with E-state index in [0.717, 1.165) is 29.2 Å². The second kappa shape index (κ2) is 7.56. The molecular formula is C17H18N4O3S2. The van der Waals surface area contributed by atoms with Crippen molar-refractivity contribution < 1.29 is 9.21 Å². The molecule has 3 aromatic heterocycles. The molecule has 1 saturated heterocycles. The maximum Gasteiger partial charge on any atom is 0.437 e. The Balaban J connectivity index is 1.34. The van der Waals surface area contributed by atoms with Crippen molar-refractivity contribution in [3.05, 3.63) is 50.5 Å². The number of carbonyl (C=O) groups excluding carboxylic acids is 1. The molecule has 0 unspecified atom stereocenters. The molecule has 4 heterocycles. The third kappa shape index (κ3) is 3.79. The molecule has 0 saturated carbocycles. The summed E-state index contributed by atoms with van der Waals surface area (Å²) in [5.74, 6) is -0.439. The van der Waals surface area contributed by atoms with Crippen molar-refractivity contribution in [3.63, 3.8) is 0 Å². The predicted molar refractivity (Wildman–Crippen MR) is 100 cm³/mol. The number of rotatable bonds is 5. The summed E-state index contributed by atoms with van der Waals surface area (Å²) in [7, 11) is 0. The smallest absolute Gasteiger partial charge is 0.387 e. The van der Waals surface area contributed by atoms with Crippen molar-refractivity contribution in [2.75, 3.05) is 26.2 Å². The van der Waals surface area contributed by atoms with Crippen LogP contribution in [0.4, 0.5) is 0 Å². The van der Waals surface area contributed by atoms with Gasteiger partial charge in [0.1, 0.15) is 6.54 Å². The van der Waals surface area contributed by atoms with Gasteiger partial charge in [0, 0.05) is 37.6 Å². The molecule has 1 amide bonds. The van der Waals surface area contributed by atoms with Gasteiger partial charge in [0.25, 0.3) is 5.89 Å². The Morgan fingerprint density at radius 1 is 1.12 bits per heavy atom. The van der Waals surface area contributed by atoms with E-state index in [2.05, 4.69) is 27.5 Å². The molecule has 4 rings (SSSR count). The molecular weight excluding hydrogens is 372 g/mol. The van der Waals surface area contributed by atoms with E-state index in [-0.39, 0.29) is 18.3 Å². The number of thiophene rings is 2. The van der Waals surface area contributed by atoms with Gasteiger partial charge in [-0.15, -0.1) is 27.8 Å². The predicted octanol–water partition coefficient (Wildman–Crippen LogP) is 1.97. The Bertz CT molecular complexity index is 906. The average Bonchev–Trinajstić information content (AvgIpc) is 3.39. The molecule has 0 bridgehead atoms. The Kier molecular flexibility index (Phi) is 5.00. The van der Waals surface area contributed by atoms with Crippen molar-refractivity contribution >= 4 is 28.6 Å². The minimum atomic E-state index is -0.599. The highest BCUT2D eigenvalue weighted by molar-refractivity contribution is 7.13. The van der Waals surface area contributed by atoms with Crippen molar-refractivity contribution in [1.82, 2.24) is 19.6 Å². The zero-order valence-corrected chi connectivity index (χ0v) is 15.7. The van der Waals surface area contributed by atoms with Gasteiger partial charge in [0.15, 0.2) is 0 Å². The standard InChI is InChI=1S/C17H18N4O3S2/c22-15(12-21-17(23)24-16(18-21)14-4-2-10-26-14)20-7-5-19(6-8-20)11-13-3-1-9-25-13/h1-4,9-10H,5-8,11-12H2. The topological polar surface area (TPSA) is 71.6 Å². The summed E-state index contributed by atoms with van der Waals surface area (Å²) in [6, 6.07) is 7.87. The van der Waals surface area contributed by atoms with Crippen molar-refractivity contribution in [2.45, 2.75) is 13.1 Å². The number of hydrogen-bond acceptors (Lipinski definition) is 7. The van der Waals surface area contributed by atoms with Crippen LogP contribution in [0.25, 0.3) is 10.8 Å². The van der Waals surface area contributed by atoms with E-state index < -0.39 is 5.76 Å². The van der Waals surface area contributed by atoms with Crippen molar-refractivity contribution in [2.24, 2.45) is 0 Å². The normalized spacial score (nSPS) is 15.5. The van der Waals surface area contributed by atoms with Crippen LogP contribution in [-0.4, -0.2) is 51.7 Å². The number of hydrogen-bond donors (Lipinski definition) is 0. The van der Waals surface area contributed by atoms with Crippen LogP contribution in [0.5, 0.6) is 0 Å². The summed E-state index contributed by atoms with van der Waals surface area (Å²) in [4.78, 5) is 30.7. The first-order chi connectivity index (χ1) is 12.7. The highest BCUT2D eigenvalue weighted by atomic mass is 32.1. The summed E-state index contributed by atoms with van der Waals surface area (Å²) in [6.45, 7) is 3.82. The molecule has 7 nitrogen and oxygen atoms in total. The fourth-order valence-corrected chi connectivity index (χ4v) is 4.30. The number of piperazine rings is 1. The first-order valence-corrected chi connectivity index (χ1v) is 10.1. The van der Waals surface area contributed by atoms with E-state index in [1.165, 1.54) is 16.2 Å². The van der Waals surface area contributed by atoms with E-state index >= 15 is 0 Å². The number of amides is 1. The summed E-state index contributed by atoms with van der Waals surface area (Å²) in [5.41, 5.74) is 0. The maximum absolute atomic E-state index is 12.5. The minimum Gasteiger partial charge on any atom is -0.387 e. The number of nitrogens with zero attached hydrogens (tertiary/aromatic N) is 4. The largest absolute Gasteiger partial charge is 0.437 e. The molecule has 136 valence electrons. The molecule has 0 N–H and O–H groups in total. The summed E-state index contributed by atoms with van der Waals surface area (Å²) < 4.78 is 6.26. The van der Waals surface area contributed by atoms with Gasteiger partial charge in [-0.25, -0.2) is 4.79 Å². The lowest BCUT2D eigenvalue weighted by atomic mass is 10.3. The second-order valence-corrected chi connectivity index (χ2v) is 8.02. The van der Waals surface area contributed by atoms with Crippen molar-refractivity contribution in [1.29, 1.82) is 0 Å². The molecule has 9 heteroatoms. The molecule has 0 aliphatic carbocycles. The number of aromatic nitrogens is 2. The molecule has 1 aliphatic rings. The van der Waals surface area contributed by atoms with E-state index in [0.29, 0.717) is 13.1 Å². The molecule has 0 spiro atoms. The average molecular weight is 390 g/mol. The monoisotopic (exact) mass is 390 g/mol. The minimum absolute atomic E-state index is 0.0847. The summed E-state index contributed by atoms with van der Waals surface area (Å²) in [5, 5.41) is 8.11. The van der Waals surface area contributed by atoms with Crippen LogP contribution in [0, 0.1) is 0 Å². The third-order valence-corrected chi connectivity index (χ3v) is 6.03. The van der Waals surface area contributed by atoms with Gasteiger partial charge in [-0.05, 0) is 22.9 Å².